The van der Waals surface area contributed by atoms with Crippen LogP contribution in [0.3, 0.4) is 0 Å². The van der Waals surface area contributed by atoms with Crippen LogP contribution in [0.1, 0.15) is 17.3 Å². The molecule has 8 nitrogen and oxygen atoms in total. The zero-order valence-corrected chi connectivity index (χ0v) is 10.5. The summed E-state index contributed by atoms with van der Waals surface area (Å²) in [5.74, 6) is -6.29. The maximum atomic E-state index is 13.7. The van der Waals surface area contributed by atoms with Gasteiger partial charge in [0.25, 0.3) is 5.91 Å². The molecule has 0 aromatic heterocycles. The average Bonchev–Trinajstić information content (AvgIpc) is 2.34. The first-order chi connectivity index (χ1) is 9.66. The molecular formula is C11H10F2N2O6. The summed E-state index contributed by atoms with van der Waals surface area (Å²) in [4.78, 5) is 31.8. The maximum absolute atomic E-state index is 13.7. The van der Waals surface area contributed by atoms with Crippen molar-refractivity contribution in [3.05, 3.63) is 39.4 Å². The zero-order valence-electron chi connectivity index (χ0n) is 10.5. The Kier molecular flexibility index (Phi) is 4.87. The lowest BCUT2D eigenvalue weighted by Crippen LogP contribution is -2.48. The van der Waals surface area contributed by atoms with Crippen LogP contribution in [0.15, 0.2) is 12.1 Å². The van der Waals surface area contributed by atoms with Crippen LogP contribution in [-0.4, -0.2) is 39.2 Å². The highest BCUT2D eigenvalue weighted by molar-refractivity contribution is 5.97. The predicted octanol–water partition coefficient (Wildman–Crippen LogP) is 0.437. The van der Waals surface area contributed by atoms with E-state index in [4.69, 9.17) is 10.2 Å². The number of aliphatic hydroxyl groups is 1. The first kappa shape index (κ1) is 16.4. The van der Waals surface area contributed by atoms with Gasteiger partial charge in [-0.05, 0) is 13.0 Å². The number of hydrogen-bond donors (Lipinski definition) is 3. The van der Waals surface area contributed by atoms with Crippen molar-refractivity contribution in [2.75, 3.05) is 0 Å². The number of benzene rings is 1. The van der Waals surface area contributed by atoms with Crippen molar-refractivity contribution >= 4 is 17.6 Å². The van der Waals surface area contributed by atoms with E-state index in [2.05, 4.69) is 0 Å². The zero-order chi connectivity index (χ0) is 16.3. The van der Waals surface area contributed by atoms with Gasteiger partial charge >= 0.3 is 11.7 Å². The summed E-state index contributed by atoms with van der Waals surface area (Å²) in [5, 5.41) is 30.1. The van der Waals surface area contributed by atoms with Gasteiger partial charge in [0.2, 0.25) is 5.82 Å². The predicted molar refractivity (Wildman–Crippen MR) is 63.6 cm³/mol. The molecule has 0 aliphatic carbocycles. The average molecular weight is 304 g/mol. The summed E-state index contributed by atoms with van der Waals surface area (Å²) in [6.07, 6.45) is -1.55. The van der Waals surface area contributed by atoms with Crippen LogP contribution in [0.25, 0.3) is 0 Å². The topological polar surface area (TPSA) is 130 Å². The molecule has 0 aliphatic heterocycles. The second-order valence-electron chi connectivity index (χ2n) is 4.04. The molecular weight excluding hydrogens is 294 g/mol. The fourth-order valence-corrected chi connectivity index (χ4v) is 1.49. The number of carboxylic acids is 1. The number of aliphatic hydroxyl groups excluding tert-OH is 1. The molecule has 0 fully saturated rings. The van der Waals surface area contributed by atoms with Crippen molar-refractivity contribution in [1.82, 2.24) is 5.32 Å². The van der Waals surface area contributed by atoms with Crippen molar-refractivity contribution in [2.24, 2.45) is 0 Å². The maximum Gasteiger partial charge on any atom is 0.328 e. The quantitative estimate of drug-likeness (QED) is 0.534. The Morgan fingerprint density at radius 1 is 1.38 bits per heavy atom. The van der Waals surface area contributed by atoms with Gasteiger partial charge in [-0.15, -0.1) is 0 Å². The Hall–Kier alpha value is -2.62. The number of nitrogens with zero attached hydrogens (tertiary/aromatic N) is 1. The summed E-state index contributed by atoms with van der Waals surface area (Å²) in [7, 11) is 0. The van der Waals surface area contributed by atoms with Crippen molar-refractivity contribution in [1.29, 1.82) is 0 Å². The molecule has 3 N–H and O–H groups in total. The molecule has 21 heavy (non-hydrogen) atoms. The van der Waals surface area contributed by atoms with E-state index in [-0.39, 0.29) is 0 Å². The van der Waals surface area contributed by atoms with E-state index in [1.807, 2.05) is 0 Å². The lowest BCUT2D eigenvalue weighted by atomic mass is 10.1. The number of rotatable bonds is 5. The number of carbonyl (C=O) groups is 2. The molecule has 0 bridgehead atoms. The van der Waals surface area contributed by atoms with Crippen LogP contribution in [0.5, 0.6) is 0 Å². The molecule has 1 aromatic carbocycles. The lowest BCUT2D eigenvalue weighted by Gasteiger charge is -2.17. The number of nitro benzene ring substituents is 1. The molecule has 0 unspecified atom stereocenters. The Morgan fingerprint density at radius 2 is 1.95 bits per heavy atom. The van der Waals surface area contributed by atoms with Crippen LogP contribution in [-0.2, 0) is 4.79 Å². The molecule has 0 saturated carbocycles. The van der Waals surface area contributed by atoms with Gasteiger partial charge in [0.1, 0.15) is 11.4 Å². The summed E-state index contributed by atoms with van der Waals surface area (Å²) in [6, 6.07) is -0.783. The van der Waals surface area contributed by atoms with Gasteiger partial charge in [-0.3, -0.25) is 14.9 Å². The van der Waals surface area contributed by atoms with Gasteiger partial charge in [-0.2, -0.15) is 4.39 Å². The number of halogens is 2. The van der Waals surface area contributed by atoms with Gasteiger partial charge in [-0.1, -0.05) is 0 Å². The summed E-state index contributed by atoms with van der Waals surface area (Å²) in [5.41, 5.74) is -2.43. The van der Waals surface area contributed by atoms with Crippen molar-refractivity contribution < 1.29 is 33.5 Å². The first-order valence-corrected chi connectivity index (χ1v) is 5.51. The molecule has 0 radical (unpaired) electrons. The third-order valence-electron chi connectivity index (χ3n) is 2.53. The molecule has 0 spiro atoms. The third-order valence-corrected chi connectivity index (χ3v) is 2.53. The summed E-state index contributed by atoms with van der Waals surface area (Å²) < 4.78 is 27.2. The monoisotopic (exact) mass is 304 g/mol. The van der Waals surface area contributed by atoms with E-state index >= 15 is 0 Å². The van der Waals surface area contributed by atoms with Crippen LogP contribution in [0.4, 0.5) is 14.5 Å². The van der Waals surface area contributed by atoms with E-state index in [1.54, 1.807) is 5.32 Å². The Labute approximate surface area is 116 Å². The fourth-order valence-electron chi connectivity index (χ4n) is 1.49. The molecule has 1 aromatic rings. The molecule has 114 valence electrons. The van der Waals surface area contributed by atoms with E-state index in [9.17, 15) is 28.5 Å². The molecule has 0 heterocycles. The second-order valence-corrected chi connectivity index (χ2v) is 4.04. The number of nitro groups is 1. The van der Waals surface area contributed by atoms with Gasteiger partial charge in [0.15, 0.2) is 6.04 Å². The third kappa shape index (κ3) is 3.48. The highest BCUT2D eigenvalue weighted by Gasteiger charge is 2.31. The normalized spacial score (nSPS) is 13.3. The number of carbonyl (C=O) groups excluding carboxylic acids is 1. The van der Waals surface area contributed by atoms with E-state index < -0.39 is 51.8 Å². The number of aliphatic carboxylic acids is 1. The second kappa shape index (κ2) is 6.22. The number of amides is 1. The van der Waals surface area contributed by atoms with Crippen molar-refractivity contribution in [3.63, 3.8) is 0 Å². The smallest absolute Gasteiger partial charge is 0.328 e. The minimum Gasteiger partial charge on any atom is -0.480 e. The minimum absolute atomic E-state index is 0.508. The molecule has 1 amide bonds. The van der Waals surface area contributed by atoms with E-state index in [0.29, 0.717) is 12.1 Å². The van der Waals surface area contributed by atoms with Gasteiger partial charge in [0, 0.05) is 6.07 Å². The highest BCUT2D eigenvalue weighted by Crippen LogP contribution is 2.23. The minimum atomic E-state index is -1.82. The van der Waals surface area contributed by atoms with Crippen LogP contribution < -0.4 is 5.32 Å². The largest absolute Gasteiger partial charge is 0.480 e. The van der Waals surface area contributed by atoms with Gasteiger partial charge in [0.05, 0.1) is 11.0 Å². The number of nitrogens with one attached hydrogen (secondary N) is 1. The molecule has 1 rings (SSSR count). The Balaban J connectivity index is 3.21. The lowest BCUT2D eigenvalue weighted by molar-refractivity contribution is -0.387. The Morgan fingerprint density at radius 3 is 2.38 bits per heavy atom. The van der Waals surface area contributed by atoms with E-state index in [1.165, 1.54) is 0 Å². The molecule has 2 atom stereocenters. The fraction of sp³-hybridized carbons (Fsp3) is 0.273. The van der Waals surface area contributed by atoms with Gasteiger partial charge in [-0.25, -0.2) is 9.18 Å². The van der Waals surface area contributed by atoms with Crippen LogP contribution in [0.2, 0.25) is 0 Å². The molecule has 10 heteroatoms. The van der Waals surface area contributed by atoms with Crippen molar-refractivity contribution in [2.45, 2.75) is 19.1 Å². The summed E-state index contributed by atoms with van der Waals surface area (Å²) >= 11 is 0. The molecule has 0 aliphatic rings. The molecule has 0 saturated heterocycles. The Bertz CT molecular complexity index is 605. The van der Waals surface area contributed by atoms with Crippen LogP contribution >= 0.6 is 0 Å². The number of hydrogen-bond acceptors (Lipinski definition) is 5. The highest BCUT2D eigenvalue weighted by atomic mass is 19.1. The van der Waals surface area contributed by atoms with Crippen LogP contribution in [0, 0.1) is 21.7 Å². The van der Waals surface area contributed by atoms with Gasteiger partial charge < -0.3 is 15.5 Å². The summed E-state index contributed by atoms with van der Waals surface area (Å²) in [6.45, 7) is 1.04. The SMILES string of the molecule is C[C@@H](O)[C@H](NC(=O)c1c(F)ccc([N+](=O)[O-])c1F)C(=O)O. The standard InChI is InChI=1S/C11H10F2N2O6/c1-4(16)9(11(18)19)14-10(17)7-5(12)2-3-6(8(7)13)15(20)21/h2-4,9,16H,1H3,(H,14,17)(H,18,19)/t4-,9+/m1/s1. The van der Waals surface area contributed by atoms with E-state index in [0.717, 1.165) is 6.92 Å². The number of carboxylic acid groups (broad SMARTS) is 1. The first-order valence-electron chi connectivity index (χ1n) is 5.51. The van der Waals surface area contributed by atoms with Crippen molar-refractivity contribution in [3.8, 4) is 0 Å².